The number of carbonyl (C=O) groups is 2. The molecular weight excluding hydrogens is 394 g/mol. The SMILES string of the molecule is COc1ccc([C@@H]2[C@H](c3ccc(OC)cc3F)N(C(C)=O)CCN2C(C)=O)c(F)c1. The highest BCUT2D eigenvalue weighted by Crippen LogP contribution is 2.44. The maximum absolute atomic E-state index is 15.1. The second-order valence-corrected chi connectivity index (χ2v) is 7.09. The summed E-state index contributed by atoms with van der Waals surface area (Å²) in [6.07, 6.45) is 0. The summed E-state index contributed by atoms with van der Waals surface area (Å²) in [5.41, 5.74) is 0.356. The van der Waals surface area contributed by atoms with Crippen LogP contribution in [0, 0.1) is 11.6 Å². The molecule has 30 heavy (non-hydrogen) atoms. The van der Waals surface area contributed by atoms with Crippen LogP contribution in [0.1, 0.15) is 37.1 Å². The van der Waals surface area contributed by atoms with Crippen molar-refractivity contribution < 1.29 is 27.8 Å². The molecule has 1 aliphatic rings. The van der Waals surface area contributed by atoms with Crippen molar-refractivity contribution in [3.63, 3.8) is 0 Å². The predicted octanol–water partition coefficient (Wildman–Crippen LogP) is 3.48. The summed E-state index contributed by atoms with van der Waals surface area (Å²) < 4.78 is 40.3. The van der Waals surface area contributed by atoms with Crippen molar-refractivity contribution in [2.75, 3.05) is 27.3 Å². The number of rotatable bonds is 4. The van der Waals surface area contributed by atoms with E-state index >= 15 is 8.78 Å². The molecule has 1 aliphatic heterocycles. The van der Waals surface area contributed by atoms with E-state index in [0.717, 1.165) is 0 Å². The minimum Gasteiger partial charge on any atom is -0.497 e. The van der Waals surface area contributed by atoms with Gasteiger partial charge in [-0.05, 0) is 12.1 Å². The van der Waals surface area contributed by atoms with Crippen molar-refractivity contribution in [2.45, 2.75) is 25.9 Å². The van der Waals surface area contributed by atoms with Crippen molar-refractivity contribution >= 4 is 11.8 Å². The minimum absolute atomic E-state index is 0.178. The molecule has 1 heterocycles. The van der Waals surface area contributed by atoms with Crippen LogP contribution in [0.2, 0.25) is 0 Å². The standard InChI is InChI=1S/C22H24F2N2O4/c1-13(27)25-9-10-26(14(2)28)22(18-8-6-16(30-4)12-20(18)24)21(25)17-7-5-15(29-3)11-19(17)23/h5-8,11-12,21-22H,9-10H2,1-4H3/t21-,22+. The lowest BCUT2D eigenvalue weighted by atomic mass is 9.87. The van der Waals surface area contributed by atoms with E-state index in [9.17, 15) is 9.59 Å². The fourth-order valence-electron chi connectivity index (χ4n) is 3.97. The van der Waals surface area contributed by atoms with Gasteiger partial charge in [0.25, 0.3) is 0 Å². The number of hydrogen-bond acceptors (Lipinski definition) is 4. The number of hydrogen-bond donors (Lipinski definition) is 0. The molecule has 2 aromatic rings. The first-order valence-corrected chi connectivity index (χ1v) is 9.49. The van der Waals surface area contributed by atoms with Crippen molar-refractivity contribution in [1.29, 1.82) is 0 Å². The van der Waals surface area contributed by atoms with Crippen LogP contribution in [-0.4, -0.2) is 48.9 Å². The number of methoxy groups -OCH3 is 2. The topological polar surface area (TPSA) is 59.1 Å². The number of amides is 2. The summed E-state index contributed by atoms with van der Waals surface area (Å²) in [5.74, 6) is -1.16. The first kappa shape index (κ1) is 21.5. The fourth-order valence-corrected chi connectivity index (χ4v) is 3.97. The number of piperazine rings is 1. The molecule has 0 radical (unpaired) electrons. The normalized spacial score (nSPS) is 18.9. The average Bonchev–Trinajstić information content (AvgIpc) is 2.72. The summed E-state index contributed by atoms with van der Waals surface area (Å²) in [6.45, 7) is 3.16. The molecule has 0 saturated carbocycles. The van der Waals surface area contributed by atoms with Gasteiger partial charge >= 0.3 is 0 Å². The maximum atomic E-state index is 15.1. The Morgan fingerprint density at radius 2 is 1.17 bits per heavy atom. The first-order valence-electron chi connectivity index (χ1n) is 9.49. The van der Waals surface area contributed by atoms with Gasteiger partial charge in [0.2, 0.25) is 11.8 Å². The van der Waals surface area contributed by atoms with E-state index in [4.69, 9.17) is 9.47 Å². The highest BCUT2D eigenvalue weighted by Gasteiger charge is 2.43. The molecule has 1 saturated heterocycles. The van der Waals surface area contributed by atoms with E-state index in [1.807, 2.05) is 0 Å². The number of halogens is 2. The Morgan fingerprint density at radius 1 is 0.800 bits per heavy atom. The third-order valence-corrected chi connectivity index (χ3v) is 5.41. The minimum atomic E-state index is -0.908. The molecular formula is C22H24F2N2O4. The van der Waals surface area contributed by atoms with E-state index in [2.05, 4.69) is 0 Å². The molecule has 0 spiro atoms. The molecule has 8 heteroatoms. The second-order valence-electron chi connectivity index (χ2n) is 7.09. The lowest BCUT2D eigenvalue weighted by Gasteiger charge is -2.47. The van der Waals surface area contributed by atoms with E-state index in [1.165, 1.54) is 62.1 Å². The fraction of sp³-hybridized carbons (Fsp3) is 0.364. The van der Waals surface area contributed by atoms with Crippen molar-refractivity contribution in [3.8, 4) is 11.5 Å². The van der Waals surface area contributed by atoms with Crippen LogP contribution in [0.5, 0.6) is 11.5 Å². The Labute approximate surface area is 174 Å². The molecule has 0 N–H and O–H groups in total. The number of ether oxygens (including phenoxy) is 2. The van der Waals surface area contributed by atoms with Crippen LogP contribution in [0.25, 0.3) is 0 Å². The van der Waals surface area contributed by atoms with Gasteiger partial charge in [0.15, 0.2) is 0 Å². The smallest absolute Gasteiger partial charge is 0.220 e. The summed E-state index contributed by atoms with van der Waals surface area (Å²) in [7, 11) is 2.84. The average molecular weight is 418 g/mol. The largest absolute Gasteiger partial charge is 0.497 e. The Balaban J connectivity index is 2.22. The molecule has 6 nitrogen and oxygen atoms in total. The summed E-state index contributed by atoms with van der Waals surface area (Å²) in [6, 6.07) is 6.77. The number of nitrogens with zero attached hydrogens (tertiary/aromatic N) is 2. The van der Waals surface area contributed by atoms with Gasteiger partial charge in [-0.1, -0.05) is 12.1 Å². The van der Waals surface area contributed by atoms with Crippen molar-refractivity contribution in [1.82, 2.24) is 9.80 Å². The molecule has 2 amide bonds. The molecule has 160 valence electrons. The maximum Gasteiger partial charge on any atom is 0.220 e. The van der Waals surface area contributed by atoms with Crippen LogP contribution in [0.4, 0.5) is 8.78 Å². The van der Waals surface area contributed by atoms with E-state index in [-0.39, 0.29) is 36.0 Å². The van der Waals surface area contributed by atoms with Gasteiger partial charge in [-0.3, -0.25) is 9.59 Å². The van der Waals surface area contributed by atoms with Gasteiger partial charge in [-0.25, -0.2) is 8.78 Å². The van der Waals surface area contributed by atoms with Crippen LogP contribution in [0.15, 0.2) is 36.4 Å². The Bertz CT molecular complexity index is 889. The van der Waals surface area contributed by atoms with Gasteiger partial charge in [0.1, 0.15) is 23.1 Å². The zero-order valence-corrected chi connectivity index (χ0v) is 17.3. The Morgan fingerprint density at radius 3 is 1.43 bits per heavy atom. The molecule has 0 bridgehead atoms. The Hall–Kier alpha value is -3.16. The van der Waals surface area contributed by atoms with Gasteiger partial charge in [-0.2, -0.15) is 0 Å². The Kier molecular flexibility index (Phi) is 6.24. The second kappa shape index (κ2) is 8.69. The van der Waals surface area contributed by atoms with Gasteiger partial charge in [0, 0.05) is 50.2 Å². The van der Waals surface area contributed by atoms with Crippen LogP contribution < -0.4 is 9.47 Å². The highest BCUT2D eigenvalue weighted by atomic mass is 19.1. The van der Waals surface area contributed by atoms with Crippen molar-refractivity contribution in [2.24, 2.45) is 0 Å². The van der Waals surface area contributed by atoms with Crippen molar-refractivity contribution in [3.05, 3.63) is 59.2 Å². The number of benzene rings is 2. The monoisotopic (exact) mass is 418 g/mol. The van der Waals surface area contributed by atoms with Gasteiger partial charge < -0.3 is 19.3 Å². The first-order chi connectivity index (χ1) is 14.3. The van der Waals surface area contributed by atoms with E-state index in [1.54, 1.807) is 12.1 Å². The quantitative estimate of drug-likeness (QED) is 0.763. The molecule has 1 fully saturated rings. The summed E-state index contributed by atoms with van der Waals surface area (Å²) >= 11 is 0. The lowest BCUT2D eigenvalue weighted by Crippen LogP contribution is -2.53. The van der Waals surface area contributed by atoms with E-state index in [0.29, 0.717) is 11.5 Å². The van der Waals surface area contributed by atoms with Crippen LogP contribution in [0.3, 0.4) is 0 Å². The molecule has 3 rings (SSSR count). The summed E-state index contributed by atoms with van der Waals surface area (Å²) in [5, 5.41) is 0. The molecule has 0 aromatic heterocycles. The van der Waals surface area contributed by atoms with E-state index < -0.39 is 23.7 Å². The predicted molar refractivity (Wildman–Crippen MR) is 106 cm³/mol. The van der Waals surface area contributed by atoms with Gasteiger partial charge in [0.05, 0.1) is 26.3 Å². The molecule has 0 unspecified atom stereocenters. The zero-order chi connectivity index (χ0) is 22.0. The van der Waals surface area contributed by atoms with Crippen LogP contribution >= 0.6 is 0 Å². The highest BCUT2D eigenvalue weighted by molar-refractivity contribution is 5.77. The molecule has 0 aliphatic carbocycles. The van der Waals surface area contributed by atoms with Crippen LogP contribution in [-0.2, 0) is 9.59 Å². The third-order valence-electron chi connectivity index (χ3n) is 5.41. The molecule has 2 aromatic carbocycles. The molecule has 2 atom stereocenters. The summed E-state index contributed by atoms with van der Waals surface area (Å²) in [4.78, 5) is 27.8. The number of carbonyl (C=O) groups excluding carboxylic acids is 2. The third kappa shape index (κ3) is 3.94. The van der Waals surface area contributed by atoms with Gasteiger partial charge in [-0.15, -0.1) is 0 Å². The zero-order valence-electron chi connectivity index (χ0n) is 17.3. The lowest BCUT2D eigenvalue weighted by molar-refractivity contribution is -0.146.